The molecule has 0 fully saturated rings. The van der Waals surface area contributed by atoms with E-state index in [1.807, 2.05) is 0 Å². The van der Waals surface area contributed by atoms with Crippen molar-refractivity contribution in [2.45, 2.75) is 96.3 Å². The Morgan fingerprint density at radius 2 is 0.310 bits per heavy atom. The summed E-state index contributed by atoms with van der Waals surface area (Å²) in [5.41, 5.74) is 39.0. The first-order valence-electron chi connectivity index (χ1n) is 47.0. The summed E-state index contributed by atoms with van der Waals surface area (Å²) in [7, 11) is 0. The molecule has 0 amide bonds. The zero-order valence-electron chi connectivity index (χ0n) is 73.8. The first-order chi connectivity index (χ1) is 63.7. The average molecular weight is 1650 g/mol. The molecule has 0 bridgehead atoms. The molecular formula is C129H96. The maximum absolute atomic E-state index is 2.72. The van der Waals surface area contributed by atoms with Gasteiger partial charge in [-0.2, -0.15) is 0 Å². The fourth-order valence-corrected chi connectivity index (χ4v) is 25.5. The van der Waals surface area contributed by atoms with Gasteiger partial charge in [0.2, 0.25) is 0 Å². The topological polar surface area (TPSA) is 0 Å². The fourth-order valence-electron chi connectivity index (χ4n) is 25.5. The molecule has 0 saturated carbocycles. The lowest BCUT2D eigenvalue weighted by molar-refractivity contribution is 0.473. The van der Waals surface area contributed by atoms with Crippen molar-refractivity contribution >= 4 is 97.0 Å². The molecule has 0 nitrogen and oxygen atoms in total. The highest BCUT2D eigenvalue weighted by Crippen LogP contribution is 2.72. The quantitative estimate of drug-likeness (QED) is 0.0898. The van der Waals surface area contributed by atoms with E-state index < -0.39 is 0 Å². The van der Waals surface area contributed by atoms with Gasteiger partial charge < -0.3 is 0 Å². The van der Waals surface area contributed by atoms with Crippen LogP contribution in [0.3, 0.4) is 0 Å². The Labute approximate surface area is 755 Å². The van der Waals surface area contributed by atoms with E-state index in [1.165, 1.54) is 247 Å². The standard InChI is InChI=1S/C129H96/c1-7-127(8-2)112-73-70-88(118-103-49-25-19-43-97(103)115(98-44-20-26-50-104(98)118)85-64-58-82(59-65-85)94-55-31-37-79-34-13-16-40-91(79)94)76-109(112)121-124(127)122-110-77-89(119-105-51-27-21-45-99(105)116(100-46-22-28-52-106(100)119)86-66-60-83(61-67-86)95-56-32-38-80-35-14-17-41-92(80)95)71-74-113(110)128(9-3,10-4)126(122)123-111-78-90(72-75-114(111)129(11-5,12-6)125(121)123)120-107-53-29-23-47-101(107)117(102-48-24-30-54-108(102)120)87-68-62-84(63-69-87)96-57-33-39-81-36-15-18-42-93(81)96/h13-78H,7-12H2,1-6H3. The van der Waals surface area contributed by atoms with Crippen molar-refractivity contribution in [1.82, 2.24) is 0 Å². The summed E-state index contributed by atoms with van der Waals surface area (Å²) in [6.07, 6.45) is 5.67. The highest BCUT2D eigenvalue weighted by molar-refractivity contribution is 6.26. The predicted octanol–water partition coefficient (Wildman–Crippen LogP) is 36.3. The molecule has 0 atom stereocenters. The Hall–Kier alpha value is -14.8. The number of hydrogen-bond acceptors (Lipinski definition) is 0. The second-order valence-corrected chi connectivity index (χ2v) is 36.7. The van der Waals surface area contributed by atoms with Crippen molar-refractivity contribution in [2.24, 2.45) is 0 Å². The Balaban J connectivity index is 0.738. The third-order valence-corrected chi connectivity index (χ3v) is 31.5. The molecule has 0 heterocycles. The molecule has 25 rings (SSSR count). The highest BCUT2D eigenvalue weighted by Gasteiger charge is 2.57. The Kier molecular flexibility index (Phi) is 17.6. The minimum absolute atomic E-state index is 0.355. The zero-order valence-corrected chi connectivity index (χ0v) is 73.8. The van der Waals surface area contributed by atoms with E-state index in [9.17, 15) is 0 Å². The first kappa shape index (κ1) is 76.6. The van der Waals surface area contributed by atoms with Gasteiger partial charge in [0, 0.05) is 16.2 Å². The molecular weight excluding hydrogens is 1550 g/mol. The van der Waals surface area contributed by atoms with Gasteiger partial charge in [0.05, 0.1) is 0 Å². The molecule has 0 aromatic heterocycles. The van der Waals surface area contributed by atoms with Gasteiger partial charge in [0.15, 0.2) is 0 Å². The van der Waals surface area contributed by atoms with Crippen LogP contribution in [0, 0.1) is 0 Å². The van der Waals surface area contributed by atoms with Gasteiger partial charge in [0.1, 0.15) is 0 Å². The van der Waals surface area contributed by atoms with E-state index in [-0.39, 0.29) is 16.2 Å². The molecule has 0 unspecified atom stereocenters. The summed E-state index contributed by atoms with van der Waals surface area (Å²) in [6, 6.07) is 154. The van der Waals surface area contributed by atoms with Crippen LogP contribution >= 0.6 is 0 Å². The van der Waals surface area contributed by atoms with Gasteiger partial charge in [-0.1, -0.05) is 424 Å². The van der Waals surface area contributed by atoms with Crippen LogP contribution in [0.25, 0.3) is 230 Å². The second kappa shape index (κ2) is 29.6. The number of fused-ring (bicyclic) bond motifs is 21. The van der Waals surface area contributed by atoms with E-state index in [1.54, 1.807) is 16.7 Å². The van der Waals surface area contributed by atoms with Gasteiger partial charge in [-0.25, -0.2) is 0 Å². The third kappa shape index (κ3) is 11.0. The third-order valence-electron chi connectivity index (χ3n) is 31.5. The van der Waals surface area contributed by atoms with Crippen LogP contribution in [0.15, 0.2) is 400 Å². The molecule has 0 heteroatoms. The smallest absolute Gasteiger partial charge is 0.0216 e. The summed E-state index contributed by atoms with van der Waals surface area (Å²) in [5.74, 6) is 0. The van der Waals surface area contributed by atoms with Gasteiger partial charge in [0.25, 0.3) is 0 Å². The van der Waals surface area contributed by atoms with Gasteiger partial charge in [-0.05, 0) is 321 Å². The molecule has 3 aliphatic carbocycles. The monoisotopic (exact) mass is 1640 g/mol. The van der Waals surface area contributed by atoms with Crippen molar-refractivity contribution in [3.05, 3.63) is 434 Å². The van der Waals surface area contributed by atoms with Crippen LogP contribution in [0.2, 0.25) is 0 Å². The largest absolute Gasteiger partial charge is 0.0642 e. The van der Waals surface area contributed by atoms with Crippen LogP contribution in [-0.2, 0) is 16.2 Å². The molecule has 0 radical (unpaired) electrons. The molecule has 22 aromatic rings. The van der Waals surface area contributed by atoms with Gasteiger partial charge in [-0.15, -0.1) is 0 Å². The molecule has 22 aromatic carbocycles. The van der Waals surface area contributed by atoms with E-state index >= 15 is 0 Å². The van der Waals surface area contributed by atoms with Crippen LogP contribution in [0.4, 0.5) is 0 Å². The maximum atomic E-state index is 2.72. The van der Waals surface area contributed by atoms with Crippen molar-refractivity contribution in [3.63, 3.8) is 0 Å². The van der Waals surface area contributed by atoms with Crippen LogP contribution < -0.4 is 0 Å². The van der Waals surface area contributed by atoms with Gasteiger partial charge >= 0.3 is 0 Å². The first-order valence-corrected chi connectivity index (χ1v) is 47.0. The molecule has 0 spiro atoms. The average Bonchev–Trinajstić information content (AvgIpc) is 1.48. The maximum Gasteiger partial charge on any atom is 0.0216 e. The van der Waals surface area contributed by atoms with Crippen molar-refractivity contribution < 1.29 is 0 Å². The number of benzene rings is 22. The highest BCUT2D eigenvalue weighted by atomic mass is 14.6. The van der Waals surface area contributed by atoms with Crippen molar-refractivity contribution in [3.8, 4) is 134 Å². The van der Waals surface area contributed by atoms with E-state index in [0.717, 1.165) is 38.5 Å². The number of hydrogen-bond donors (Lipinski definition) is 0. The Morgan fingerprint density at radius 3 is 0.519 bits per heavy atom. The minimum atomic E-state index is -0.355. The minimum Gasteiger partial charge on any atom is -0.0642 e. The van der Waals surface area contributed by atoms with E-state index in [2.05, 4.69) is 442 Å². The van der Waals surface area contributed by atoms with Crippen molar-refractivity contribution in [2.75, 3.05) is 0 Å². The molecule has 0 aliphatic heterocycles. The summed E-state index contributed by atoms with van der Waals surface area (Å²) < 4.78 is 0. The van der Waals surface area contributed by atoms with Crippen molar-refractivity contribution in [1.29, 1.82) is 0 Å². The van der Waals surface area contributed by atoms with Crippen LogP contribution in [-0.4, -0.2) is 0 Å². The second-order valence-electron chi connectivity index (χ2n) is 36.7. The summed E-state index contributed by atoms with van der Waals surface area (Å²) in [5, 5.41) is 22.7. The fraction of sp³-hybridized carbons (Fsp3) is 0.116. The molecule has 612 valence electrons. The predicted molar refractivity (Wildman–Crippen MR) is 553 cm³/mol. The summed E-state index contributed by atoms with van der Waals surface area (Å²) in [4.78, 5) is 0. The Bertz CT molecular complexity index is 7470. The SMILES string of the molecule is CCC1(CC)c2ccc(-c3c4ccccc4c(-c4ccc(-c5cccc6ccccc56)cc4)c4ccccc34)cc2-c2c1c1c(c3c2C(CC)(CC)c2ccc(-c4c5ccccc5c(-c5ccc(-c6cccc7ccccc67)cc5)c5ccccc45)cc2-3)C(CC)(CC)c2ccc(-c3c4ccccc4c(-c4ccc(-c5cccc6ccccc56)cc4)c4ccccc34)cc2-1. The molecule has 129 heavy (non-hydrogen) atoms. The summed E-state index contributed by atoms with van der Waals surface area (Å²) in [6.45, 7) is 15.1. The molecule has 0 N–H and O–H groups in total. The Morgan fingerprint density at radius 1 is 0.140 bits per heavy atom. The number of rotatable bonds is 15. The zero-order chi connectivity index (χ0) is 86.1. The normalized spacial score (nSPS) is 13.7. The van der Waals surface area contributed by atoms with Crippen LogP contribution in [0.5, 0.6) is 0 Å². The lowest BCUT2D eigenvalue weighted by atomic mass is 9.65. The lowest BCUT2D eigenvalue weighted by Gasteiger charge is -2.37. The molecule has 3 aliphatic rings. The van der Waals surface area contributed by atoms with E-state index in [4.69, 9.17) is 0 Å². The van der Waals surface area contributed by atoms with Gasteiger partial charge in [-0.3, -0.25) is 0 Å². The molecule has 0 saturated heterocycles. The lowest BCUT2D eigenvalue weighted by Crippen LogP contribution is -2.29. The van der Waals surface area contributed by atoms with E-state index in [0.29, 0.717) is 0 Å². The summed E-state index contributed by atoms with van der Waals surface area (Å²) >= 11 is 0. The van der Waals surface area contributed by atoms with Crippen LogP contribution in [0.1, 0.15) is 113 Å².